The minimum absolute atomic E-state index is 0.113. The lowest BCUT2D eigenvalue weighted by molar-refractivity contribution is -0.157. The van der Waals surface area contributed by atoms with Gasteiger partial charge in [-0.1, -0.05) is 26.7 Å². The summed E-state index contributed by atoms with van der Waals surface area (Å²) in [7, 11) is 0. The van der Waals surface area contributed by atoms with Gasteiger partial charge in [-0.3, -0.25) is 9.59 Å². The fourth-order valence-electron chi connectivity index (χ4n) is 1.43. The van der Waals surface area contributed by atoms with E-state index in [9.17, 15) is 19.8 Å². The Morgan fingerprint density at radius 1 is 0.895 bits per heavy atom. The fourth-order valence-corrected chi connectivity index (χ4v) is 1.43. The van der Waals surface area contributed by atoms with Crippen LogP contribution < -0.4 is 0 Å². The molecule has 0 heterocycles. The van der Waals surface area contributed by atoms with Gasteiger partial charge in [0.25, 0.3) is 0 Å². The van der Waals surface area contributed by atoms with E-state index in [1.165, 1.54) is 0 Å². The predicted octanol–water partition coefficient (Wildman–Crippen LogP) is 0.785. The van der Waals surface area contributed by atoms with E-state index >= 15 is 0 Å². The van der Waals surface area contributed by atoms with Crippen molar-refractivity contribution in [1.82, 2.24) is 0 Å². The molecule has 0 saturated carbocycles. The van der Waals surface area contributed by atoms with Gasteiger partial charge in [-0.25, -0.2) is 0 Å². The lowest BCUT2D eigenvalue weighted by Crippen LogP contribution is -2.23. The zero-order chi connectivity index (χ0) is 14.7. The first-order valence-corrected chi connectivity index (χ1v) is 6.66. The summed E-state index contributed by atoms with van der Waals surface area (Å²) in [5.74, 6) is -1.46. The van der Waals surface area contributed by atoms with Crippen LogP contribution in [0.3, 0.4) is 0 Å². The number of hydrogen-bond donors (Lipinski definition) is 2. The maximum Gasteiger partial charge on any atom is 0.317 e. The average Bonchev–Trinajstić information content (AvgIpc) is 2.35. The first kappa shape index (κ1) is 17.9. The molecule has 0 spiro atoms. The van der Waals surface area contributed by atoms with Crippen LogP contribution in [0.2, 0.25) is 0 Å². The highest BCUT2D eigenvalue weighted by Crippen LogP contribution is 2.00. The largest absolute Gasteiger partial charge is 0.462 e. The number of esters is 2. The van der Waals surface area contributed by atoms with Gasteiger partial charge >= 0.3 is 11.9 Å². The second kappa shape index (κ2) is 10.8. The smallest absolute Gasteiger partial charge is 0.317 e. The molecule has 0 aromatic rings. The Labute approximate surface area is 113 Å². The number of carbonyl (C=O) groups excluding carboxylic acids is 2. The van der Waals surface area contributed by atoms with Gasteiger partial charge in [-0.2, -0.15) is 0 Å². The van der Waals surface area contributed by atoms with Crippen LogP contribution in [0.4, 0.5) is 0 Å². The van der Waals surface area contributed by atoms with Gasteiger partial charge in [0, 0.05) is 0 Å². The van der Waals surface area contributed by atoms with E-state index in [0.29, 0.717) is 12.8 Å². The third kappa shape index (κ3) is 10.5. The Hall–Kier alpha value is -1.14. The van der Waals surface area contributed by atoms with E-state index in [0.717, 1.165) is 12.8 Å². The van der Waals surface area contributed by atoms with Crippen LogP contribution in [0.15, 0.2) is 0 Å². The van der Waals surface area contributed by atoms with Crippen molar-refractivity contribution in [2.24, 2.45) is 0 Å². The molecule has 19 heavy (non-hydrogen) atoms. The third-order valence-corrected chi connectivity index (χ3v) is 2.41. The number of aliphatic hydroxyl groups is 2. The minimum Gasteiger partial charge on any atom is -0.462 e. The van der Waals surface area contributed by atoms with E-state index in [4.69, 9.17) is 9.47 Å². The van der Waals surface area contributed by atoms with Gasteiger partial charge in [0.2, 0.25) is 0 Å². The highest BCUT2D eigenvalue weighted by molar-refractivity contribution is 5.91. The maximum atomic E-state index is 11.2. The zero-order valence-corrected chi connectivity index (χ0v) is 11.6. The molecule has 0 aromatic heterocycles. The molecule has 0 aliphatic rings. The van der Waals surface area contributed by atoms with Crippen LogP contribution in [-0.4, -0.2) is 47.6 Å². The molecule has 6 heteroatoms. The quantitative estimate of drug-likeness (QED) is 0.452. The molecule has 0 aliphatic carbocycles. The second-order valence-electron chi connectivity index (χ2n) is 4.43. The summed E-state index contributed by atoms with van der Waals surface area (Å²) in [6.45, 7) is 3.59. The Morgan fingerprint density at radius 2 is 1.26 bits per heavy atom. The average molecular weight is 276 g/mol. The second-order valence-corrected chi connectivity index (χ2v) is 4.43. The number of rotatable bonds is 10. The van der Waals surface area contributed by atoms with Crippen molar-refractivity contribution in [1.29, 1.82) is 0 Å². The lowest BCUT2D eigenvalue weighted by atomic mass is 10.2. The van der Waals surface area contributed by atoms with E-state index in [1.54, 1.807) is 0 Å². The predicted molar refractivity (Wildman–Crippen MR) is 68.4 cm³/mol. The first-order valence-electron chi connectivity index (χ1n) is 6.66. The van der Waals surface area contributed by atoms with Crippen LogP contribution in [-0.2, 0) is 19.1 Å². The molecule has 0 radical (unpaired) electrons. The Bertz CT molecular complexity index is 240. The molecule has 112 valence electrons. The van der Waals surface area contributed by atoms with Crippen LogP contribution in [0.5, 0.6) is 0 Å². The van der Waals surface area contributed by atoms with Crippen LogP contribution >= 0.6 is 0 Å². The fraction of sp³-hybridized carbons (Fsp3) is 0.846. The molecular formula is C13H24O6. The molecule has 6 nitrogen and oxygen atoms in total. The summed E-state index contributed by atoms with van der Waals surface area (Å²) >= 11 is 0. The van der Waals surface area contributed by atoms with Crippen molar-refractivity contribution in [3.05, 3.63) is 0 Å². The van der Waals surface area contributed by atoms with Gasteiger partial charge in [-0.05, 0) is 12.8 Å². The Kier molecular flexibility index (Phi) is 10.1. The van der Waals surface area contributed by atoms with E-state index in [1.807, 2.05) is 13.8 Å². The number of ether oxygens (including phenoxy) is 2. The topological polar surface area (TPSA) is 93.1 Å². The van der Waals surface area contributed by atoms with Crippen LogP contribution in [0.25, 0.3) is 0 Å². The maximum absolute atomic E-state index is 11.2. The third-order valence-electron chi connectivity index (χ3n) is 2.41. The molecule has 0 fully saturated rings. The molecule has 2 atom stereocenters. The van der Waals surface area contributed by atoms with Crippen LogP contribution in [0, 0.1) is 0 Å². The SMILES string of the molecule is CCCC(O)COC(=O)CC(=O)OCC(O)CCC. The number of carbonyl (C=O) groups is 2. The van der Waals surface area contributed by atoms with Gasteiger partial charge in [0.1, 0.15) is 19.6 Å². The summed E-state index contributed by atoms with van der Waals surface area (Å²) < 4.78 is 9.46. The Balaban J connectivity index is 3.72. The molecule has 0 rings (SSSR count). The van der Waals surface area contributed by atoms with Crippen molar-refractivity contribution < 1.29 is 29.3 Å². The normalized spacial score (nSPS) is 13.7. The molecule has 0 bridgehead atoms. The van der Waals surface area contributed by atoms with Gasteiger partial charge in [-0.15, -0.1) is 0 Å². The standard InChI is InChI=1S/C13H24O6/c1-3-5-10(14)8-18-12(16)7-13(17)19-9-11(15)6-4-2/h10-11,14-15H,3-9H2,1-2H3. The van der Waals surface area contributed by atoms with Crippen molar-refractivity contribution >= 4 is 11.9 Å². The van der Waals surface area contributed by atoms with Gasteiger partial charge < -0.3 is 19.7 Å². The van der Waals surface area contributed by atoms with Crippen molar-refractivity contribution in [3.8, 4) is 0 Å². The number of aliphatic hydroxyl groups excluding tert-OH is 2. The number of hydrogen-bond acceptors (Lipinski definition) is 6. The summed E-state index contributed by atoms with van der Waals surface area (Å²) in [6, 6.07) is 0. The van der Waals surface area contributed by atoms with Crippen molar-refractivity contribution in [2.75, 3.05) is 13.2 Å². The van der Waals surface area contributed by atoms with Gasteiger partial charge in [0.05, 0.1) is 12.2 Å². The molecule has 0 aliphatic heterocycles. The monoisotopic (exact) mass is 276 g/mol. The minimum atomic E-state index is -0.731. The molecular weight excluding hydrogens is 252 g/mol. The van der Waals surface area contributed by atoms with Crippen molar-refractivity contribution in [3.63, 3.8) is 0 Å². The van der Waals surface area contributed by atoms with Gasteiger partial charge in [0.15, 0.2) is 0 Å². The molecule has 0 saturated heterocycles. The molecule has 0 aromatic carbocycles. The summed E-state index contributed by atoms with van der Waals surface area (Å²) in [5.41, 5.74) is 0. The lowest BCUT2D eigenvalue weighted by Gasteiger charge is -2.11. The molecule has 0 amide bonds. The van der Waals surface area contributed by atoms with E-state index in [2.05, 4.69) is 0 Å². The van der Waals surface area contributed by atoms with E-state index < -0.39 is 30.6 Å². The summed E-state index contributed by atoms with van der Waals surface area (Å²) in [5, 5.41) is 18.7. The van der Waals surface area contributed by atoms with E-state index in [-0.39, 0.29) is 13.2 Å². The molecule has 2 unspecified atom stereocenters. The summed E-state index contributed by atoms with van der Waals surface area (Å²) in [4.78, 5) is 22.5. The first-order chi connectivity index (χ1) is 8.99. The highest BCUT2D eigenvalue weighted by Gasteiger charge is 2.15. The molecule has 2 N–H and O–H groups in total. The highest BCUT2D eigenvalue weighted by atomic mass is 16.6. The zero-order valence-electron chi connectivity index (χ0n) is 11.6. The Morgan fingerprint density at radius 3 is 1.58 bits per heavy atom. The van der Waals surface area contributed by atoms with Crippen LogP contribution in [0.1, 0.15) is 46.0 Å². The van der Waals surface area contributed by atoms with Crippen molar-refractivity contribution in [2.45, 2.75) is 58.2 Å². The summed E-state index contributed by atoms with van der Waals surface area (Å²) in [6.07, 6.45) is 0.763.